The third-order valence-corrected chi connectivity index (χ3v) is 4.68. The van der Waals surface area contributed by atoms with Crippen molar-refractivity contribution >= 4 is 20.7 Å². The molecule has 0 saturated heterocycles. The highest BCUT2D eigenvalue weighted by Gasteiger charge is 2.24. The van der Waals surface area contributed by atoms with Crippen molar-refractivity contribution in [2.45, 2.75) is 25.1 Å². The number of fused-ring (bicyclic) bond motifs is 1. The van der Waals surface area contributed by atoms with E-state index in [1.807, 2.05) is 31.3 Å². The topological polar surface area (TPSA) is 78.0 Å². The minimum atomic E-state index is -3.27. The molecule has 0 saturated carbocycles. The lowest BCUT2D eigenvalue weighted by Gasteiger charge is -2.17. The highest BCUT2D eigenvalue weighted by Crippen LogP contribution is 2.20. The Morgan fingerprint density at radius 2 is 1.95 bits per heavy atom. The van der Waals surface area contributed by atoms with Gasteiger partial charge in [-0.1, -0.05) is 18.2 Å². The Morgan fingerprint density at radius 3 is 2.58 bits per heavy atom. The summed E-state index contributed by atoms with van der Waals surface area (Å²) in [6.45, 7) is 3.42. The van der Waals surface area contributed by atoms with Gasteiger partial charge in [0, 0.05) is 18.0 Å². The first kappa shape index (κ1) is 14.0. The SMILES string of the molecule is Cn1nc(CS(=O)(=O)CC(C)(C)N)c2ccccc21. The maximum absolute atomic E-state index is 12.1. The Kier molecular flexibility index (Phi) is 3.40. The second kappa shape index (κ2) is 4.61. The van der Waals surface area contributed by atoms with Gasteiger partial charge >= 0.3 is 0 Å². The van der Waals surface area contributed by atoms with E-state index in [9.17, 15) is 8.42 Å². The van der Waals surface area contributed by atoms with Crippen molar-refractivity contribution in [2.24, 2.45) is 12.8 Å². The molecule has 1 aromatic heterocycles. The molecular weight excluding hydrogens is 262 g/mol. The number of aryl methyl sites for hydroxylation is 1. The van der Waals surface area contributed by atoms with E-state index in [0.717, 1.165) is 10.9 Å². The van der Waals surface area contributed by atoms with E-state index in [-0.39, 0.29) is 11.5 Å². The molecule has 0 aliphatic carbocycles. The van der Waals surface area contributed by atoms with Crippen LogP contribution in [0.25, 0.3) is 10.9 Å². The van der Waals surface area contributed by atoms with E-state index in [1.165, 1.54) is 0 Å². The van der Waals surface area contributed by atoms with Gasteiger partial charge in [0.2, 0.25) is 0 Å². The molecule has 0 bridgehead atoms. The van der Waals surface area contributed by atoms with Gasteiger partial charge < -0.3 is 5.73 Å². The first-order valence-electron chi connectivity index (χ1n) is 6.08. The molecule has 0 amide bonds. The minimum Gasteiger partial charge on any atom is -0.325 e. The van der Waals surface area contributed by atoms with Crippen LogP contribution in [-0.2, 0) is 22.6 Å². The molecule has 1 heterocycles. The molecule has 0 aliphatic rings. The average Bonchev–Trinajstić information content (AvgIpc) is 2.52. The van der Waals surface area contributed by atoms with Crippen LogP contribution in [0.4, 0.5) is 0 Å². The summed E-state index contributed by atoms with van der Waals surface area (Å²) >= 11 is 0. The Hall–Kier alpha value is -1.40. The summed E-state index contributed by atoms with van der Waals surface area (Å²) in [5.41, 5.74) is 6.57. The highest BCUT2D eigenvalue weighted by molar-refractivity contribution is 7.90. The van der Waals surface area contributed by atoms with E-state index in [4.69, 9.17) is 5.73 Å². The van der Waals surface area contributed by atoms with Gasteiger partial charge in [0.15, 0.2) is 9.84 Å². The second-order valence-electron chi connectivity index (χ2n) is 5.61. The number of hydrogen-bond acceptors (Lipinski definition) is 4. The van der Waals surface area contributed by atoms with Crippen LogP contribution < -0.4 is 5.73 Å². The Morgan fingerprint density at radius 1 is 1.32 bits per heavy atom. The summed E-state index contributed by atoms with van der Waals surface area (Å²) < 4.78 is 26.0. The molecule has 104 valence electrons. The molecule has 6 heteroatoms. The van der Waals surface area contributed by atoms with Crippen LogP contribution in [-0.4, -0.2) is 29.5 Å². The number of hydrogen-bond donors (Lipinski definition) is 1. The maximum atomic E-state index is 12.1. The van der Waals surface area contributed by atoms with Crippen LogP contribution in [0.3, 0.4) is 0 Å². The lowest BCUT2D eigenvalue weighted by molar-refractivity contribution is 0.543. The Bertz CT molecular complexity index is 696. The zero-order valence-corrected chi connectivity index (χ0v) is 12.2. The van der Waals surface area contributed by atoms with E-state index in [2.05, 4.69) is 5.10 Å². The number of nitrogens with two attached hydrogens (primary N) is 1. The van der Waals surface area contributed by atoms with Crippen molar-refractivity contribution in [1.29, 1.82) is 0 Å². The van der Waals surface area contributed by atoms with Crippen LogP contribution in [0, 0.1) is 0 Å². The van der Waals surface area contributed by atoms with Gasteiger partial charge in [-0.2, -0.15) is 5.10 Å². The summed E-state index contributed by atoms with van der Waals surface area (Å²) in [7, 11) is -1.46. The zero-order chi connectivity index (χ0) is 14.3. The first-order chi connectivity index (χ1) is 8.68. The predicted octanol–water partition coefficient (Wildman–Crippen LogP) is 1.23. The zero-order valence-electron chi connectivity index (χ0n) is 11.4. The Labute approximate surface area is 113 Å². The van der Waals surface area contributed by atoms with Crippen molar-refractivity contribution in [1.82, 2.24) is 9.78 Å². The Balaban J connectivity index is 2.37. The molecule has 2 N–H and O–H groups in total. The van der Waals surface area contributed by atoms with Crippen LogP contribution in [0.1, 0.15) is 19.5 Å². The molecule has 0 radical (unpaired) electrons. The summed E-state index contributed by atoms with van der Waals surface area (Å²) in [5.74, 6) is -0.125. The lowest BCUT2D eigenvalue weighted by Crippen LogP contribution is -2.40. The van der Waals surface area contributed by atoms with E-state index >= 15 is 0 Å². The van der Waals surface area contributed by atoms with E-state index in [0.29, 0.717) is 5.69 Å². The molecule has 1 aromatic carbocycles. The molecule has 0 unspecified atom stereocenters. The number of para-hydroxylation sites is 1. The highest BCUT2D eigenvalue weighted by atomic mass is 32.2. The predicted molar refractivity (Wildman–Crippen MR) is 76.5 cm³/mol. The fourth-order valence-electron chi connectivity index (χ4n) is 2.22. The first-order valence-corrected chi connectivity index (χ1v) is 7.90. The largest absolute Gasteiger partial charge is 0.325 e. The lowest BCUT2D eigenvalue weighted by atomic mass is 10.1. The number of benzene rings is 1. The maximum Gasteiger partial charge on any atom is 0.157 e. The third kappa shape index (κ3) is 3.33. The fourth-order valence-corrected chi connectivity index (χ4v) is 4.09. The van der Waals surface area contributed by atoms with Crippen molar-refractivity contribution in [3.05, 3.63) is 30.0 Å². The van der Waals surface area contributed by atoms with Gasteiger partial charge in [-0.25, -0.2) is 8.42 Å². The molecule has 0 atom stereocenters. The van der Waals surface area contributed by atoms with Crippen LogP contribution >= 0.6 is 0 Å². The normalized spacial score (nSPS) is 13.1. The van der Waals surface area contributed by atoms with Gasteiger partial charge in [-0.05, 0) is 19.9 Å². The average molecular weight is 281 g/mol. The molecule has 0 spiro atoms. The van der Waals surface area contributed by atoms with Crippen molar-refractivity contribution in [2.75, 3.05) is 5.75 Å². The van der Waals surface area contributed by atoms with Crippen LogP contribution in [0.15, 0.2) is 24.3 Å². The molecule has 0 aliphatic heterocycles. The summed E-state index contributed by atoms with van der Waals surface area (Å²) in [4.78, 5) is 0. The second-order valence-corrected chi connectivity index (χ2v) is 7.67. The van der Waals surface area contributed by atoms with E-state index in [1.54, 1.807) is 18.5 Å². The van der Waals surface area contributed by atoms with Crippen molar-refractivity contribution in [3.8, 4) is 0 Å². The van der Waals surface area contributed by atoms with Crippen molar-refractivity contribution < 1.29 is 8.42 Å². The van der Waals surface area contributed by atoms with Gasteiger partial charge in [0.1, 0.15) is 0 Å². The smallest absolute Gasteiger partial charge is 0.157 e. The van der Waals surface area contributed by atoms with Crippen LogP contribution in [0.5, 0.6) is 0 Å². The molecular formula is C13H19N3O2S. The monoisotopic (exact) mass is 281 g/mol. The number of rotatable bonds is 4. The minimum absolute atomic E-state index is 0.0507. The van der Waals surface area contributed by atoms with Gasteiger partial charge in [0.25, 0.3) is 0 Å². The van der Waals surface area contributed by atoms with Gasteiger partial charge in [-0.3, -0.25) is 4.68 Å². The molecule has 2 aromatic rings. The van der Waals surface area contributed by atoms with Crippen molar-refractivity contribution in [3.63, 3.8) is 0 Å². The number of nitrogens with zero attached hydrogens (tertiary/aromatic N) is 2. The number of aromatic nitrogens is 2. The van der Waals surface area contributed by atoms with E-state index < -0.39 is 15.4 Å². The molecule has 2 rings (SSSR count). The third-order valence-electron chi connectivity index (χ3n) is 2.78. The van der Waals surface area contributed by atoms with Gasteiger partial charge in [0.05, 0.1) is 22.7 Å². The summed E-state index contributed by atoms with van der Waals surface area (Å²) in [5, 5.41) is 5.18. The number of sulfone groups is 1. The summed E-state index contributed by atoms with van der Waals surface area (Å²) in [6, 6.07) is 7.60. The molecule has 0 fully saturated rings. The molecule has 5 nitrogen and oxygen atoms in total. The fraction of sp³-hybridized carbons (Fsp3) is 0.462. The molecule has 19 heavy (non-hydrogen) atoms. The summed E-state index contributed by atoms with van der Waals surface area (Å²) in [6.07, 6.45) is 0. The van der Waals surface area contributed by atoms with Crippen LogP contribution in [0.2, 0.25) is 0 Å². The standard InChI is InChI=1S/C13H19N3O2S/c1-13(2,14)9-19(17,18)8-11-10-6-4-5-7-12(10)16(3)15-11/h4-7H,8-9,14H2,1-3H3. The quantitative estimate of drug-likeness (QED) is 0.914. The van der Waals surface area contributed by atoms with Gasteiger partial charge in [-0.15, -0.1) is 0 Å².